The minimum absolute atomic E-state index is 0.0942. The lowest BCUT2D eigenvalue weighted by molar-refractivity contribution is -0.132. The summed E-state index contributed by atoms with van der Waals surface area (Å²) in [5.74, 6) is -2.74. The molecule has 0 aromatic heterocycles. The number of nitrogens with one attached hydrogen (secondary N) is 1. The van der Waals surface area contributed by atoms with Crippen molar-refractivity contribution in [2.24, 2.45) is 0 Å². The molecule has 2 atom stereocenters. The molecule has 0 radical (unpaired) electrons. The molecule has 2 saturated heterocycles. The number of halogens is 2. The van der Waals surface area contributed by atoms with E-state index in [9.17, 15) is 23.2 Å². The fourth-order valence-corrected chi connectivity index (χ4v) is 3.70. The first-order chi connectivity index (χ1) is 13.3. The van der Waals surface area contributed by atoms with E-state index in [2.05, 4.69) is 5.32 Å². The highest BCUT2D eigenvalue weighted by Gasteiger charge is 2.32. The molecule has 0 saturated carbocycles. The first-order valence-electron chi connectivity index (χ1n) is 9.19. The average molecular weight is 395 g/mol. The first-order valence-corrected chi connectivity index (χ1v) is 9.19. The molecule has 28 heavy (non-hydrogen) atoms. The van der Waals surface area contributed by atoms with Gasteiger partial charge >= 0.3 is 0 Å². The average Bonchev–Trinajstić information content (AvgIpc) is 2.99. The van der Waals surface area contributed by atoms with Gasteiger partial charge < -0.3 is 19.9 Å². The van der Waals surface area contributed by atoms with Gasteiger partial charge in [-0.1, -0.05) is 0 Å². The van der Waals surface area contributed by atoms with Crippen LogP contribution in [0.5, 0.6) is 5.75 Å². The molecule has 2 fully saturated rings. The van der Waals surface area contributed by atoms with Gasteiger partial charge in [0.05, 0.1) is 19.6 Å². The number of rotatable bonds is 5. The van der Waals surface area contributed by atoms with Gasteiger partial charge in [-0.15, -0.1) is 0 Å². The summed E-state index contributed by atoms with van der Waals surface area (Å²) in [6.07, 6.45) is 0.340. The molecule has 2 heterocycles. The molecule has 0 unspecified atom stereocenters. The van der Waals surface area contributed by atoms with E-state index in [0.29, 0.717) is 31.7 Å². The van der Waals surface area contributed by atoms with E-state index in [1.807, 2.05) is 11.8 Å². The molecule has 2 aliphatic heterocycles. The summed E-state index contributed by atoms with van der Waals surface area (Å²) in [4.78, 5) is 38.9. The summed E-state index contributed by atoms with van der Waals surface area (Å²) >= 11 is 0. The van der Waals surface area contributed by atoms with Crippen LogP contribution in [0.25, 0.3) is 0 Å². The normalized spacial score (nSPS) is 22.4. The summed E-state index contributed by atoms with van der Waals surface area (Å²) in [5, 5.41) is 2.57. The fourth-order valence-electron chi connectivity index (χ4n) is 3.70. The van der Waals surface area contributed by atoms with Crippen LogP contribution in [-0.2, 0) is 14.4 Å². The van der Waals surface area contributed by atoms with Crippen molar-refractivity contribution in [3.8, 4) is 5.75 Å². The van der Waals surface area contributed by atoms with Gasteiger partial charge in [-0.05, 0) is 13.3 Å². The predicted octanol–water partition coefficient (Wildman–Crippen LogP) is 1.25. The van der Waals surface area contributed by atoms with Crippen LogP contribution < -0.4 is 15.0 Å². The van der Waals surface area contributed by atoms with Crippen molar-refractivity contribution in [1.29, 1.82) is 0 Å². The van der Waals surface area contributed by atoms with Gasteiger partial charge in [0.2, 0.25) is 17.6 Å². The van der Waals surface area contributed by atoms with Crippen LogP contribution in [0.15, 0.2) is 12.1 Å². The van der Waals surface area contributed by atoms with Crippen molar-refractivity contribution in [3.05, 3.63) is 23.8 Å². The Kier molecular flexibility index (Phi) is 5.81. The summed E-state index contributed by atoms with van der Waals surface area (Å²) in [6, 6.07) is 1.88. The minimum atomic E-state index is -1.03. The Morgan fingerprint density at radius 2 is 2.04 bits per heavy atom. The van der Waals surface area contributed by atoms with Gasteiger partial charge in [-0.3, -0.25) is 14.4 Å². The van der Waals surface area contributed by atoms with E-state index in [0.717, 1.165) is 6.07 Å². The quantitative estimate of drug-likeness (QED) is 0.760. The van der Waals surface area contributed by atoms with Crippen molar-refractivity contribution in [3.63, 3.8) is 0 Å². The molecule has 7 nitrogen and oxygen atoms in total. The van der Waals surface area contributed by atoms with Gasteiger partial charge in [-0.25, -0.2) is 4.39 Å². The molecule has 152 valence electrons. The number of carbonyl (C=O) groups is 3. The van der Waals surface area contributed by atoms with Crippen molar-refractivity contribution < 1.29 is 27.9 Å². The van der Waals surface area contributed by atoms with Crippen molar-refractivity contribution in [2.45, 2.75) is 38.3 Å². The number of hydrogen-bond acceptors (Lipinski definition) is 5. The van der Waals surface area contributed by atoms with E-state index in [4.69, 9.17) is 4.74 Å². The highest BCUT2D eigenvalue weighted by molar-refractivity contribution is 6.07. The summed E-state index contributed by atoms with van der Waals surface area (Å²) in [6.45, 7) is 3.20. The molecule has 1 aromatic carbocycles. The van der Waals surface area contributed by atoms with Crippen molar-refractivity contribution in [1.82, 2.24) is 10.2 Å². The molecule has 1 aromatic rings. The standard InChI is InChI=1S/C19H23F2N3O4/c1-11-10-23(18(27)4-3-14-15(25)9-17(26)22-14)5-6-24(11)12-7-13(20)19(21)16(8-12)28-2/h7-8,11,14H,3-6,9-10H2,1-2H3,(H,22,26)/t11-,14+/m0/s1. The molecular formula is C19H23F2N3O4. The Morgan fingerprint density at radius 1 is 1.29 bits per heavy atom. The highest BCUT2D eigenvalue weighted by Crippen LogP contribution is 2.29. The van der Waals surface area contributed by atoms with Crippen LogP contribution in [0.2, 0.25) is 0 Å². The zero-order valence-corrected chi connectivity index (χ0v) is 15.8. The van der Waals surface area contributed by atoms with Gasteiger partial charge in [-0.2, -0.15) is 4.39 Å². The van der Waals surface area contributed by atoms with E-state index >= 15 is 0 Å². The second-order valence-electron chi connectivity index (χ2n) is 7.13. The number of piperazine rings is 1. The third-order valence-corrected chi connectivity index (χ3v) is 5.22. The Hall–Kier alpha value is -2.71. The summed E-state index contributed by atoms with van der Waals surface area (Å²) in [5.41, 5.74) is 0.495. The van der Waals surface area contributed by atoms with Crippen LogP contribution in [-0.4, -0.2) is 61.3 Å². The summed E-state index contributed by atoms with van der Waals surface area (Å²) < 4.78 is 32.4. The monoisotopic (exact) mass is 395 g/mol. The smallest absolute Gasteiger partial charge is 0.228 e. The maximum atomic E-state index is 13.8. The fraction of sp³-hybridized carbons (Fsp3) is 0.526. The lowest BCUT2D eigenvalue weighted by atomic mass is 10.1. The Bertz CT molecular complexity index is 802. The number of hydrogen-bond donors (Lipinski definition) is 1. The number of anilines is 1. The largest absolute Gasteiger partial charge is 0.493 e. The van der Waals surface area contributed by atoms with E-state index in [1.165, 1.54) is 13.2 Å². The maximum Gasteiger partial charge on any atom is 0.228 e. The third kappa shape index (κ3) is 4.07. The van der Waals surface area contributed by atoms with E-state index in [-0.39, 0.29) is 42.2 Å². The van der Waals surface area contributed by atoms with Crippen LogP contribution in [0, 0.1) is 11.6 Å². The SMILES string of the molecule is COc1cc(N2CCN(C(=O)CC[C@H]3NC(=O)CC3=O)C[C@@H]2C)cc(F)c1F. The topological polar surface area (TPSA) is 79.0 Å². The number of ketones is 1. The second kappa shape index (κ2) is 8.12. The van der Waals surface area contributed by atoms with E-state index in [1.54, 1.807) is 4.90 Å². The maximum absolute atomic E-state index is 13.8. The van der Waals surface area contributed by atoms with Crippen molar-refractivity contribution in [2.75, 3.05) is 31.6 Å². The van der Waals surface area contributed by atoms with Gasteiger partial charge in [0.15, 0.2) is 17.3 Å². The molecule has 0 spiro atoms. The zero-order valence-electron chi connectivity index (χ0n) is 15.8. The molecular weight excluding hydrogens is 372 g/mol. The Balaban J connectivity index is 1.59. The minimum Gasteiger partial charge on any atom is -0.493 e. The molecule has 9 heteroatoms. The lowest BCUT2D eigenvalue weighted by Gasteiger charge is -2.41. The number of amides is 2. The molecule has 0 bridgehead atoms. The Morgan fingerprint density at radius 3 is 2.64 bits per heavy atom. The van der Waals surface area contributed by atoms with Crippen LogP contribution >= 0.6 is 0 Å². The predicted molar refractivity (Wildman–Crippen MR) is 97.1 cm³/mol. The number of carbonyl (C=O) groups excluding carboxylic acids is 3. The third-order valence-electron chi connectivity index (χ3n) is 5.22. The Labute approximate surface area is 161 Å². The molecule has 0 aliphatic carbocycles. The molecule has 1 N–H and O–H groups in total. The molecule has 2 amide bonds. The molecule has 2 aliphatic rings. The number of benzene rings is 1. The number of nitrogens with zero attached hydrogens (tertiary/aromatic N) is 2. The number of ether oxygens (including phenoxy) is 1. The van der Waals surface area contributed by atoms with Crippen LogP contribution in [0.4, 0.5) is 14.5 Å². The van der Waals surface area contributed by atoms with Gasteiger partial charge in [0.1, 0.15) is 0 Å². The lowest BCUT2D eigenvalue weighted by Crippen LogP contribution is -2.54. The van der Waals surface area contributed by atoms with Crippen LogP contribution in [0.3, 0.4) is 0 Å². The van der Waals surface area contributed by atoms with Gasteiger partial charge in [0.25, 0.3) is 0 Å². The van der Waals surface area contributed by atoms with Gasteiger partial charge in [0, 0.05) is 49.9 Å². The van der Waals surface area contributed by atoms with E-state index < -0.39 is 17.7 Å². The highest BCUT2D eigenvalue weighted by atomic mass is 19.2. The zero-order chi connectivity index (χ0) is 20.4. The van der Waals surface area contributed by atoms with Crippen molar-refractivity contribution >= 4 is 23.3 Å². The molecule has 3 rings (SSSR count). The van der Waals surface area contributed by atoms with Crippen LogP contribution in [0.1, 0.15) is 26.2 Å². The summed E-state index contributed by atoms with van der Waals surface area (Å²) in [7, 11) is 1.28. The number of methoxy groups -OCH3 is 1. The second-order valence-corrected chi connectivity index (χ2v) is 7.13. The first kappa shape index (κ1) is 20.0. The number of Topliss-reactive ketones (excluding diaryl/α,β-unsaturated/α-hetero) is 1.